The number of hydrogen-bond acceptors (Lipinski definition) is 3. The van der Waals surface area contributed by atoms with E-state index in [1.54, 1.807) is 19.9 Å². The first-order chi connectivity index (χ1) is 7.90. The maximum Gasteiger partial charge on any atom is 0.301 e. The normalized spacial score (nSPS) is 11.8. The van der Waals surface area contributed by atoms with Crippen LogP contribution in [0.15, 0.2) is 16.9 Å². The zero-order valence-corrected chi connectivity index (χ0v) is 12.5. The van der Waals surface area contributed by atoms with Crippen molar-refractivity contribution in [2.24, 2.45) is 0 Å². The Balaban J connectivity index is 2.94. The number of nitrogens with one attached hydrogen (secondary N) is 1. The van der Waals surface area contributed by atoms with Gasteiger partial charge in [-0.25, -0.2) is 4.98 Å². The van der Waals surface area contributed by atoms with Crippen LogP contribution in [-0.4, -0.2) is 30.8 Å². The molecular weight excluding hydrogens is 306 g/mol. The maximum atomic E-state index is 11.9. The monoisotopic (exact) mass is 321 g/mol. The van der Waals surface area contributed by atoms with E-state index in [0.29, 0.717) is 23.4 Å². The van der Waals surface area contributed by atoms with Crippen LogP contribution < -0.4 is 4.72 Å². The molecular formula is C10H16BrN3O2S. The Morgan fingerprint density at radius 2 is 2.00 bits per heavy atom. The van der Waals surface area contributed by atoms with Crippen LogP contribution in [0.4, 0.5) is 5.69 Å². The van der Waals surface area contributed by atoms with E-state index in [1.807, 2.05) is 6.92 Å². The molecule has 0 radical (unpaired) electrons. The van der Waals surface area contributed by atoms with Crippen molar-refractivity contribution < 1.29 is 8.42 Å². The molecule has 0 aromatic carbocycles. The minimum absolute atomic E-state index is 0.439. The Kier molecular flexibility index (Phi) is 4.91. The summed E-state index contributed by atoms with van der Waals surface area (Å²) in [5, 5.41) is 0. The Hall–Kier alpha value is -0.660. The summed E-state index contributed by atoms with van der Waals surface area (Å²) in [6, 6.07) is 1.73. The second-order valence-corrected chi connectivity index (χ2v) is 5.94. The second kappa shape index (κ2) is 5.79. The SMILES string of the molecule is CCN(CC)S(=O)(=O)Nc1cnc(Br)c(C)c1. The standard InChI is InChI=1S/C10H16BrN3O2S/c1-4-14(5-2)17(15,16)13-9-6-8(3)10(11)12-7-9/h6-7,13H,4-5H2,1-3H3. The number of pyridine rings is 1. The highest BCUT2D eigenvalue weighted by Crippen LogP contribution is 2.18. The number of anilines is 1. The van der Waals surface area contributed by atoms with Gasteiger partial charge in [0.25, 0.3) is 0 Å². The van der Waals surface area contributed by atoms with Gasteiger partial charge in [-0.3, -0.25) is 4.72 Å². The molecule has 0 spiro atoms. The van der Waals surface area contributed by atoms with Crippen molar-refractivity contribution in [2.45, 2.75) is 20.8 Å². The quantitative estimate of drug-likeness (QED) is 0.845. The van der Waals surface area contributed by atoms with Crippen LogP contribution in [0.2, 0.25) is 0 Å². The lowest BCUT2D eigenvalue weighted by molar-refractivity contribution is 0.449. The fourth-order valence-electron chi connectivity index (χ4n) is 1.39. The average molecular weight is 322 g/mol. The van der Waals surface area contributed by atoms with E-state index in [9.17, 15) is 8.42 Å². The molecule has 7 heteroatoms. The highest BCUT2D eigenvalue weighted by molar-refractivity contribution is 9.10. The van der Waals surface area contributed by atoms with Gasteiger partial charge in [0.2, 0.25) is 0 Å². The van der Waals surface area contributed by atoms with E-state index in [2.05, 4.69) is 25.6 Å². The van der Waals surface area contributed by atoms with Crippen molar-refractivity contribution >= 4 is 31.8 Å². The Morgan fingerprint density at radius 1 is 1.41 bits per heavy atom. The Bertz CT molecular complexity index is 486. The van der Waals surface area contributed by atoms with Crippen molar-refractivity contribution in [3.63, 3.8) is 0 Å². The topological polar surface area (TPSA) is 62.3 Å². The lowest BCUT2D eigenvalue weighted by Gasteiger charge is -2.19. The van der Waals surface area contributed by atoms with Crippen LogP contribution >= 0.6 is 15.9 Å². The van der Waals surface area contributed by atoms with Gasteiger partial charge in [0.1, 0.15) is 4.60 Å². The van der Waals surface area contributed by atoms with Crippen LogP contribution in [0.3, 0.4) is 0 Å². The molecule has 0 saturated heterocycles. The smallest absolute Gasteiger partial charge is 0.269 e. The third kappa shape index (κ3) is 3.65. The molecule has 0 aliphatic carbocycles. The lowest BCUT2D eigenvalue weighted by Crippen LogP contribution is -2.35. The van der Waals surface area contributed by atoms with Crippen molar-refractivity contribution in [1.29, 1.82) is 0 Å². The molecule has 1 aromatic rings. The van der Waals surface area contributed by atoms with Gasteiger partial charge in [-0.2, -0.15) is 12.7 Å². The number of aryl methyl sites for hydroxylation is 1. The first kappa shape index (κ1) is 14.4. The van der Waals surface area contributed by atoms with E-state index in [-0.39, 0.29) is 0 Å². The fraction of sp³-hybridized carbons (Fsp3) is 0.500. The minimum atomic E-state index is -3.48. The molecule has 17 heavy (non-hydrogen) atoms. The zero-order chi connectivity index (χ0) is 13.1. The molecule has 1 rings (SSSR count). The van der Waals surface area contributed by atoms with Gasteiger partial charge < -0.3 is 0 Å². The molecule has 1 heterocycles. The van der Waals surface area contributed by atoms with E-state index in [0.717, 1.165) is 5.56 Å². The van der Waals surface area contributed by atoms with Gasteiger partial charge in [0.15, 0.2) is 0 Å². The molecule has 0 atom stereocenters. The van der Waals surface area contributed by atoms with Crippen LogP contribution in [0, 0.1) is 6.92 Å². The van der Waals surface area contributed by atoms with Crippen molar-refractivity contribution in [3.05, 3.63) is 22.4 Å². The highest BCUT2D eigenvalue weighted by Gasteiger charge is 2.18. The number of halogens is 1. The largest absolute Gasteiger partial charge is 0.301 e. The summed E-state index contributed by atoms with van der Waals surface area (Å²) < 4.78 is 28.4. The first-order valence-corrected chi connectivity index (χ1v) is 7.54. The molecule has 0 amide bonds. The van der Waals surface area contributed by atoms with Crippen molar-refractivity contribution in [3.8, 4) is 0 Å². The van der Waals surface area contributed by atoms with Gasteiger partial charge in [-0.1, -0.05) is 13.8 Å². The molecule has 0 fully saturated rings. The van der Waals surface area contributed by atoms with Crippen LogP contribution in [0.25, 0.3) is 0 Å². The lowest BCUT2D eigenvalue weighted by atomic mass is 10.3. The summed E-state index contributed by atoms with van der Waals surface area (Å²) in [5.74, 6) is 0. The predicted octanol–water partition coefficient (Wildman–Crippen LogP) is 2.15. The van der Waals surface area contributed by atoms with Crippen LogP contribution in [-0.2, 0) is 10.2 Å². The molecule has 96 valence electrons. The van der Waals surface area contributed by atoms with Gasteiger partial charge in [-0.15, -0.1) is 0 Å². The van der Waals surface area contributed by atoms with Gasteiger partial charge >= 0.3 is 10.2 Å². The molecule has 0 unspecified atom stereocenters. The summed E-state index contributed by atoms with van der Waals surface area (Å²) in [6.07, 6.45) is 1.48. The zero-order valence-electron chi connectivity index (χ0n) is 10.1. The van der Waals surface area contributed by atoms with Gasteiger partial charge in [0, 0.05) is 13.1 Å². The maximum absolute atomic E-state index is 11.9. The van der Waals surface area contributed by atoms with Gasteiger partial charge in [0.05, 0.1) is 11.9 Å². The molecule has 1 aromatic heterocycles. The molecule has 0 aliphatic rings. The summed E-state index contributed by atoms with van der Waals surface area (Å²) in [5.41, 5.74) is 1.35. The summed E-state index contributed by atoms with van der Waals surface area (Å²) in [4.78, 5) is 4.05. The predicted molar refractivity (Wildman–Crippen MR) is 72.1 cm³/mol. The van der Waals surface area contributed by atoms with Crippen LogP contribution in [0.1, 0.15) is 19.4 Å². The Morgan fingerprint density at radius 3 is 2.47 bits per heavy atom. The second-order valence-electron chi connectivity index (χ2n) is 3.52. The number of rotatable bonds is 5. The van der Waals surface area contributed by atoms with Gasteiger partial charge in [-0.05, 0) is 34.5 Å². The third-order valence-corrected chi connectivity index (χ3v) is 4.83. The number of nitrogens with zero attached hydrogens (tertiary/aromatic N) is 2. The van der Waals surface area contributed by atoms with Crippen molar-refractivity contribution in [1.82, 2.24) is 9.29 Å². The summed E-state index contributed by atoms with van der Waals surface area (Å²) >= 11 is 3.27. The van der Waals surface area contributed by atoms with Crippen molar-refractivity contribution in [2.75, 3.05) is 17.8 Å². The van der Waals surface area contributed by atoms with E-state index in [4.69, 9.17) is 0 Å². The summed E-state index contributed by atoms with van der Waals surface area (Å²) in [6.45, 7) is 6.33. The molecule has 5 nitrogen and oxygen atoms in total. The fourth-order valence-corrected chi connectivity index (χ4v) is 2.83. The Labute approximate surface area is 111 Å². The van der Waals surface area contributed by atoms with Crippen LogP contribution in [0.5, 0.6) is 0 Å². The number of hydrogen-bond donors (Lipinski definition) is 1. The molecule has 0 saturated carbocycles. The highest BCUT2D eigenvalue weighted by atomic mass is 79.9. The van der Waals surface area contributed by atoms with E-state index >= 15 is 0 Å². The molecule has 0 aliphatic heterocycles. The summed E-state index contributed by atoms with van der Waals surface area (Å²) in [7, 11) is -3.48. The average Bonchev–Trinajstić information content (AvgIpc) is 2.24. The minimum Gasteiger partial charge on any atom is -0.269 e. The number of aromatic nitrogens is 1. The third-order valence-electron chi connectivity index (χ3n) is 2.31. The first-order valence-electron chi connectivity index (χ1n) is 5.30. The molecule has 0 bridgehead atoms. The van der Waals surface area contributed by atoms with E-state index in [1.165, 1.54) is 10.5 Å². The van der Waals surface area contributed by atoms with E-state index < -0.39 is 10.2 Å². The molecule has 1 N–H and O–H groups in total.